The number of esters is 2. The molecule has 0 aromatic heterocycles. The molecule has 0 aromatic carbocycles. The Morgan fingerprint density at radius 1 is 0.760 bits per heavy atom. The number of aliphatic hydroxyl groups is 8. The van der Waals surface area contributed by atoms with Crippen LogP contribution in [-0.2, 0) is 36.1 Å². The summed E-state index contributed by atoms with van der Waals surface area (Å²) in [6.45, 7) is -1.34. The van der Waals surface area contributed by atoms with Gasteiger partial charge in [0.2, 0.25) is 11.5 Å². The summed E-state index contributed by atoms with van der Waals surface area (Å²) < 4.78 is 8.63. The van der Waals surface area contributed by atoms with Gasteiger partial charge in [-0.1, -0.05) is 0 Å². The number of carbonyl (C=O) groups excluding carboxylic acids is 2. The van der Waals surface area contributed by atoms with Crippen LogP contribution in [0.5, 0.6) is 0 Å². The van der Waals surface area contributed by atoms with E-state index in [1.54, 1.807) is 0 Å². The van der Waals surface area contributed by atoms with Crippen LogP contribution < -0.4 is 0 Å². The number of hydrogen-bond donors (Lipinski definition) is 8. The molecule has 4 atom stereocenters. The van der Waals surface area contributed by atoms with Crippen LogP contribution in [0.2, 0.25) is 0 Å². The minimum Gasteiger partial charge on any atom is -0.505 e. The topological polar surface area (TPSA) is 214 Å². The Balaban J connectivity index is 0.000000443. The van der Waals surface area contributed by atoms with Crippen molar-refractivity contribution in [2.24, 2.45) is 0 Å². The van der Waals surface area contributed by atoms with Crippen molar-refractivity contribution in [3.63, 3.8) is 0 Å². The van der Waals surface area contributed by atoms with Gasteiger partial charge >= 0.3 is 11.9 Å². The Kier molecular flexibility index (Phi) is 8.69. The number of ether oxygens (including phenoxy) is 2. The summed E-state index contributed by atoms with van der Waals surface area (Å²) in [7, 11) is 0. The molecular formula is C12H16MnO12. The molecular weight excluding hydrogens is 391 g/mol. The summed E-state index contributed by atoms with van der Waals surface area (Å²) in [5, 5.41) is 70.1. The summed E-state index contributed by atoms with van der Waals surface area (Å²) in [4.78, 5) is 21.1. The molecule has 0 saturated carbocycles. The van der Waals surface area contributed by atoms with Crippen molar-refractivity contribution in [2.75, 3.05) is 13.2 Å². The van der Waals surface area contributed by atoms with E-state index in [9.17, 15) is 9.59 Å². The van der Waals surface area contributed by atoms with Crippen molar-refractivity contribution in [2.45, 2.75) is 24.4 Å². The largest absolute Gasteiger partial charge is 0.505 e. The molecule has 0 spiro atoms. The molecule has 2 aliphatic rings. The van der Waals surface area contributed by atoms with Crippen LogP contribution in [0.3, 0.4) is 0 Å². The normalized spacial score (nSPS) is 24.8. The number of rotatable bonds is 4. The second-order valence-electron chi connectivity index (χ2n) is 4.62. The molecule has 0 bridgehead atoms. The fraction of sp³-hybridized carbons (Fsp3) is 0.500. The molecule has 8 N–H and O–H groups in total. The molecule has 0 fully saturated rings. The fourth-order valence-corrected chi connectivity index (χ4v) is 1.65. The van der Waals surface area contributed by atoms with Crippen molar-refractivity contribution in [3.8, 4) is 0 Å². The van der Waals surface area contributed by atoms with Gasteiger partial charge in [0, 0.05) is 17.1 Å². The van der Waals surface area contributed by atoms with Crippen molar-refractivity contribution in [1.82, 2.24) is 0 Å². The third kappa shape index (κ3) is 4.98. The van der Waals surface area contributed by atoms with E-state index in [-0.39, 0.29) is 17.1 Å². The van der Waals surface area contributed by atoms with Gasteiger partial charge in [-0.25, -0.2) is 9.59 Å². The molecule has 2 aliphatic heterocycles. The van der Waals surface area contributed by atoms with E-state index in [0.717, 1.165) is 0 Å². The minimum absolute atomic E-state index is 0. The van der Waals surface area contributed by atoms with E-state index in [2.05, 4.69) is 9.47 Å². The van der Waals surface area contributed by atoms with E-state index in [4.69, 9.17) is 40.9 Å². The number of hydrogen-bond acceptors (Lipinski definition) is 12. The third-order valence-electron chi connectivity index (χ3n) is 2.95. The average Bonchev–Trinajstić information content (AvgIpc) is 2.98. The van der Waals surface area contributed by atoms with E-state index >= 15 is 0 Å². The fourth-order valence-electron chi connectivity index (χ4n) is 1.65. The molecule has 0 aliphatic carbocycles. The van der Waals surface area contributed by atoms with Crippen molar-refractivity contribution < 1.29 is 77.0 Å². The summed E-state index contributed by atoms with van der Waals surface area (Å²) in [5.74, 6) is -5.56. The first-order valence-corrected chi connectivity index (χ1v) is 6.39. The smallest absolute Gasteiger partial charge is 0.377 e. The SMILES string of the molecule is O=C1OC([C@@H](O)CO)C(O)=C1O.O=C1OC([C@@H](O)CO)C(O)=C1O.[Mn]. The first kappa shape index (κ1) is 23.0. The van der Waals surface area contributed by atoms with Gasteiger partial charge in [-0.05, 0) is 0 Å². The summed E-state index contributed by atoms with van der Waals surface area (Å²) >= 11 is 0. The number of cyclic esters (lactones) is 2. The second-order valence-corrected chi connectivity index (χ2v) is 4.62. The van der Waals surface area contributed by atoms with Gasteiger partial charge in [0.25, 0.3) is 0 Å². The molecule has 13 heteroatoms. The molecule has 25 heavy (non-hydrogen) atoms. The summed E-state index contributed by atoms with van der Waals surface area (Å²) in [5.41, 5.74) is 0. The standard InChI is InChI=1S/2C6H8O6.Mn/c2*7-1-2(8)5-3(9)4(10)6(11)12-5;/h2*2,5,7-10H,1H2;/t2*2-,5?;/m00./s1. The monoisotopic (exact) mass is 407 g/mol. The third-order valence-corrected chi connectivity index (χ3v) is 2.95. The van der Waals surface area contributed by atoms with Crippen molar-refractivity contribution in [1.29, 1.82) is 0 Å². The van der Waals surface area contributed by atoms with Gasteiger partial charge < -0.3 is 50.3 Å². The molecule has 2 rings (SSSR count). The Hall–Kier alpha value is -2.02. The van der Waals surface area contributed by atoms with Crippen LogP contribution >= 0.6 is 0 Å². The van der Waals surface area contributed by atoms with Gasteiger partial charge in [0.05, 0.1) is 13.2 Å². The quantitative estimate of drug-likeness (QED) is 0.175. The first-order valence-electron chi connectivity index (χ1n) is 6.39. The molecule has 0 amide bonds. The van der Waals surface area contributed by atoms with Crippen LogP contribution in [0.15, 0.2) is 23.0 Å². The molecule has 1 radical (unpaired) electrons. The van der Waals surface area contributed by atoms with E-state index in [1.165, 1.54) is 0 Å². The van der Waals surface area contributed by atoms with E-state index in [1.807, 2.05) is 0 Å². The molecule has 12 nitrogen and oxygen atoms in total. The van der Waals surface area contributed by atoms with Crippen LogP contribution in [0, 0.1) is 0 Å². The van der Waals surface area contributed by atoms with Crippen LogP contribution in [0.1, 0.15) is 0 Å². The zero-order chi connectivity index (χ0) is 18.6. The predicted molar refractivity (Wildman–Crippen MR) is 70.5 cm³/mol. The Morgan fingerprint density at radius 3 is 1.20 bits per heavy atom. The van der Waals surface area contributed by atoms with Gasteiger partial charge in [0.15, 0.2) is 23.7 Å². The maximum atomic E-state index is 10.5. The summed E-state index contributed by atoms with van der Waals surface area (Å²) in [6.07, 6.45) is -5.55. The Labute approximate surface area is 150 Å². The first-order chi connectivity index (χ1) is 11.1. The predicted octanol–water partition coefficient (Wildman–Crippen LogP) is -2.82. The number of carbonyl (C=O) groups is 2. The molecule has 2 heterocycles. The van der Waals surface area contributed by atoms with Gasteiger partial charge in [0.1, 0.15) is 12.2 Å². The molecule has 0 saturated heterocycles. The Morgan fingerprint density at radius 2 is 1.04 bits per heavy atom. The molecule has 0 aromatic rings. The van der Waals surface area contributed by atoms with Crippen LogP contribution in [-0.4, -0.2) is 90.4 Å². The maximum Gasteiger partial charge on any atom is 0.377 e. The van der Waals surface area contributed by atoms with E-state index < -0.39 is 72.6 Å². The molecule has 2 unspecified atom stereocenters. The summed E-state index contributed by atoms with van der Waals surface area (Å²) in [6, 6.07) is 0. The average molecular weight is 407 g/mol. The zero-order valence-electron chi connectivity index (χ0n) is 12.3. The zero-order valence-corrected chi connectivity index (χ0v) is 13.5. The van der Waals surface area contributed by atoms with E-state index in [0.29, 0.717) is 0 Å². The van der Waals surface area contributed by atoms with Crippen LogP contribution in [0.4, 0.5) is 0 Å². The van der Waals surface area contributed by atoms with Crippen molar-refractivity contribution in [3.05, 3.63) is 23.0 Å². The van der Waals surface area contributed by atoms with Crippen LogP contribution in [0.25, 0.3) is 0 Å². The Bertz CT molecular complexity index is 520. The van der Waals surface area contributed by atoms with Gasteiger partial charge in [-0.2, -0.15) is 0 Å². The van der Waals surface area contributed by atoms with Gasteiger partial charge in [-0.15, -0.1) is 0 Å². The maximum absolute atomic E-state index is 10.5. The van der Waals surface area contributed by atoms with Gasteiger partial charge in [-0.3, -0.25) is 0 Å². The molecule has 143 valence electrons. The van der Waals surface area contributed by atoms with Crippen molar-refractivity contribution >= 4 is 11.9 Å². The second kappa shape index (κ2) is 9.46. The number of aliphatic hydroxyl groups excluding tert-OH is 8. The minimum atomic E-state index is -1.42.